The molecule has 0 saturated heterocycles. The molecule has 0 aliphatic rings. The summed E-state index contributed by atoms with van der Waals surface area (Å²) >= 11 is 0. The summed E-state index contributed by atoms with van der Waals surface area (Å²) in [5.74, 6) is 1.45. The fourth-order valence-electron chi connectivity index (χ4n) is 2.69. The highest BCUT2D eigenvalue weighted by Gasteiger charge is 2.07. The van der Waals surface area contributed by atoms with E-state index in [1.807, 2.05) is 49.4 Å². The van der Waals surface area contributed by atoms with E-state index < -0.39 is 0 Å². The maximum Gasteiger partial charge on any atom is 0.185 e. The lowest BCUT2D eigenvalue weighted by Gasteiger charge is -2.10. The van der Waals surface area contributed by atoms with Gasteiger partial charge in [-0.2, -0.15) is 0 Å². The Morgan fingerprint density at radius 1 is 1.06 bits per heavy atom. The Kier molecular flexibility index (Phi) is 13.9. The summed E-state index contributed by atoms with van der Waals surface area (Å²) in [6, 6.07) is 11.9. The first-order chi connectivity index (χ1) is 14.1. The Morgan fingerprint density at radius 3 is 2.59 bits per heavy atom. The molecular formula is C21H28Cl3N7O. The smallest absolute Gasteiger partial charge is 0.185 e. The van der Waals surface area contributed by atoms with Gasteiger partial charge in [-0.05, 0) is 43.3 Å². The van der Waals surface area contributed by atoms with Gasteiger partial charge in [0, 0.05) is 18.1 Å². The van der Waals surface area contributed by atoms with Crippen molar-refractivity contribution >= 4 is 72.1 Å². The third kappa shape index (κ3) is 9.23. The van der Waals surface area contributed by atoms with Crippen LogP contribution >= 0.6 is 37.2 Å². The van der Waals surface area contributed by atoms with E-state index in [1.54, 1.807) is 6.20 Å². The Labute approximate surface area is 206 Å². The Morgan fingerprint density at radius 2 is 1.88 bits per heavy atom. The van der Waals surface area contributed by atoms with Crippen molar-refractivity contribution in [3.8, 4) is 0 Å². The second-order valence-electron chi connectivity index (χ2n) is 6.38. The van der Waals surface area contributed by atoms with E-state index in [1.165, 1.54) is 0 Å². The molecule has 11 heteroatoms. The van der Waals surface area contributed by atoms with Crippen LogP contribution in [0.2, 0.25) is 0 Å². The van der Waals surface area contributed by atoms with Crippen LogP contribution in [0.15, 0.2) is 47.6 Å². The van der Waals surface area contributed by atoms with Crippen molar-refractivity contribution in [3.63, 3.8) is 0 Å². The number of aromatic nitrogens is 3. The summed E-state index contributed by atoms with van der Waals surface area (Å²) in [7, 11) is 0. The highest BCUT2D eigenvalue weighted by atomic mass is 35.5. The van der Waals surface area contributed by atoms with E-state index in [4.69, 9.17) is 16.2 Å². The van der Waals surface area contributed by atoms with Crippen molar-refractivity contribution in [2.24, 2.45) is 16.5 Å². The van der Waals surface area contributed by atoms with Crippen LogP contribution in [0, 0.1) is 6.92 Å². The number of halogens is 3. The predicted octanol–water partition coefficient (Wildman–Crippen LogP) is 3.47. The number of guanidine groups is 1. The van der Waals surface area contributed by atoms with Gasteiger partial charge in [-0.1, -0.05) is 17.7 Å². The highest BCUT2D eigenvalue weighted by Crippen LogP contribution is 2.22. The molecular weight excluding hydrogens is 473 g/mol. The first kappa shape index (κ1) is 29.4. The second kappa shape index (κ2) is 15.2. The van der Waals surface area contributed by atoms with Crippen molar-refractivity contribution in [1.82, 2.24) is 15.0 Å². The van der Waals surface area contributed by atoms with Gasteiger partial charge in [0.15, 0.2) is 11.8 Å². The third-order valence-corrected chi connectivity index (χ3v) is 4.03. The van der Waals surface area contributed by atoms with Crippen LogP contribution in [0.3, 0.4) is 0 Å². The summed E-state index contributed by atoms with van der Waals surface area (Å²) in [6.45, 7) is 4.06. The highest BCUT2D eigenvalue weighted by molar-refractivity contribution is 5.90. The van der Waals surface area contributed by atoms with E-state index >= 15 is 0 Å². The number of fused-ring (bicyclic) bond motifs is 1. The van der Waals surface area contributed by atoms with E-state index in [2.05, 4.69) is 31.3 Å². The number of aliphatic imine (C=N–C) groups is 1. The number of aryl methyl sites for hydroxylation is 1. The molecule has 2 heterocycles. The lowest BCUT2D eigenvalue weighted by molar-refractivity contribution is 0.152. The molecule has 0 aliphatic carbocycles. The monoisotopic (exact) mass is 499 g/mol. The molecule has 0 aliphatic heterocycles. The lowest BCUT2D eigenvalue weighted by atomic mass is 10.1. The summed E-state index contributed by atoms with van der Waals surface area (Å²) in [5.41, 5.74) is 13.4. The quantitative estimate of drug-likeness (QED) is 0.233. The molecule has 2 aromatic heterocycles. The molecule has 0 atom stereocenters. The fourth-order valence-corrected chi connectivity index (χ4v) is 2.69. The number of rotatable bonds is 9. The molecule has 5 N–H and O–H groups in total. The molecule has 0 bridgehead atoms. The number of nitrogens with one attached hydrogen (secondary N) is 1. The SMILES string of the molecule is Cc1ccc2nc(C=Cc3ccccn3)nc(NCCOCCN=C(N)N)c2c1.Cl.Cl.Cl. The van der Waals surface area contributed by atoms with Gasteiger partial charge >= 0.3 is 0 Å². The van der Waals surface area contributed by atoms with Gasteiger partial charge in [0.05, 0.1) is 31.0 Å². The minimum atomic E-state index is 0. The molecule has 0 unspecified atom stereocenters. The van der Waals surface area contributed by atoms with Gasteiger partial charge in [-0.25, -0.2) is 9.97 Å². The van der Waals surface area contributed by atoms with Crippen molar-refractivity contribution in [2.75, 3.05) is 31.6 Å². The Bertz CT molecular complexity index is 1010. The average Bonchev–Trinajstić information content (AvgIpc) is 2.72. The molecule has 174 valence electrons. The minimum Gasteiger partial charge on any atom is -0.378 e. The van der Waals surface area contributed by atoms with Crippen LogP contribution in [0.5, 0.6) is 0 Å². The van der Waals surface area contributed by atoms with Gasteiger partial charge < -0.3 is 21.5 Å². The van der Waals surface area contributed by atoms with E-state index in [-0.39, 0.29) is 43.2 Å². The van der Waals surface area contributed by atoms with E-state index in [0.29, 0.717) is 32.1 Å². The summed E-state index contributed by atoms with van der Waals surface area (Å²) in [4.78, 5) is 17.5. The number of hydrogen-bond acceptors (Lipinski definition) is 6. The number of nitrogens with zero attached hydrogens (tertiary/aromatic N) is 4. The van der Waals surface area contributed by atoms with Crippen LogP contribution in [0.4, 0.5) is 5.82 Å². The van der Waals surface area contributed by atoms with Crippen molar-refractivity contribution < 1.29 is 4.74 Å². The third-order valence-electron chi connectivity index (χ3n) is 4.03. The molecule has 0 fully saturated rings. The molecule has 3 aromatic rings. The van der Waals surface area contributed by atoms with Gasteiger partial charge in [0.2, 0.25) is 0 Å². The van der Waals surface area contributed by atoms with Crippen molar-refractivity contribution in [2.45, 2.75) is 6.92 Å². The molecule has 0 radical (unpaired) electrons. The van der Waals surface area contributed by atoms with Gasteiger partial charge in [0.25, 0.3) is 0 Å². The zero-order chi connectivity index (χ0) is 20.5. The normalized spacial score (nSPS) is 10.0. The standard InChI is InChI=1S/C21H25N7O.3ClH/c1-15-5-7-18-17(14-15)20(25-10-12-29-13-11-26-21(22)23)28-19(27-18)8-6-16-4-2-3-9-24-16;;;/h2-9,14H,10-13H2,1H3,(H4,22,23,26)(H,25,27,28);3*1H. The maximum atomic E-state index is 5.53. The van der Waals surface area contributed by atoms with Crippen molar-refractivity contribution in [1.29, 1.82) is 0 Å². The average molecular weight is 501 g/mol. The minimum absolute atomic E-state index is 0. The number of pyridine rings is 1. The molecule has 32 heavy (non-hydrogen) atoms. The largest absolute Gasteiger partial charge is 0.378 e. The molecule has 1 aromatic carbocycles. The van der Waals surface area contributed by atoms with E-state index in [9.17, 15) is 0 Å². The molecule has 3 rings (SSSR count). The molecule has 8 nitrogen and oxygen atoms in total. The second-order valence-corrected chi connectivity index (χ2v) is 6.38. The first-order valence-electron chi connectivity index (χ1n) is 9.36. The van der Waals surface area contributed by atoms with Crippen LogP contribution in [0.25, 0.3) is 23.1 Å². The maximum absolute atomic E-state index is 5.53. The number of hydrogen-bond donors (Lipinski definition) is 3. The summed E-state index contributed by atoms with van der Waals surface area (Å²) < 4.78 is 5.53. The topological polar surface area (TPSA) is 124 Å². The lowest BCUT2D eigenvalue weighted by Crippen LogP contribution is -2.23. The number of benzene rings is 1. The first-order valence-corrected chi connectivity index (χ1v) is 9.36. The van der Waals surface area contributed by atoms with Gasteiger partial charge in [-0.3, -0.25) is 9.98 Å². The summed E-state index contributed by atoms with van der Waals surface area (Å²) in [5, 5.41) is 4.31. The summed E-state index contributed by atoms with van der Waals surface area (Å²) in [6.07, 6.45) is 5.51. The van der Waals surface area contributed by atoms with E-state index in [0.717, 1.165) is 28.0 Å². The van der Waals surface area contributed by atoms with Crippen LogP contribution in [0.1, 0.15) is 17.1 Å². The zero-order valence-electron chi connectivity index (χ0n) is 17.6. The van der Waals surface area contributed by atoms with Crippen LogP contribution < -0.4 is 16.8 Å². The molecule has 0 saturated carbocycles. The van der Waals surface area contributed by atoms with Gasteiger partial charge in [0.1, 0.15) is 5.82 Å². The Balaban J connectivity index is 0.00000320. The fraction of sp³-hybridized carbons (Fsp3) is 0.238. The number of anilines is 1. The van der Waals surface area contributed by atoms with Crippen LogP contribution in [-0.4, -0.2) is 47.2 Å². The molecule has 0 amide bonds. The Hall–Kier alpha value is -2.65. The predicted molar refractivity (Wildman–Crippen MR) is 139 cm³/mol. The number of nitrogens with two attached hydrogens (primary N) is 2. The number of ether oxygens (including phenoxy) is 1. The van der Waals surface area contributed by atoms with Crippen LogP contribution in [-0.2, 0) is 4.74 Å². The van der Waals surface area contributed by atoms with Crippen molar-refractivity contribution in [3.05, 3.63) is 59.7 Å². The molecule has 0 spiro atoms. The van der Waals surface area contributed by atoms with Gasteiger partial charge in [-0.15, -0.1) is 37.2 Å². The zero-order valence-corrected chi connectivity index (χ0v) is 20.1.